The third kappa shape index (κ3) is 1.26. The van der Waals surface area contributed by atoms with Gasteiger partial charge in [0.05, 0.1) is 29.8 Å². The summed E-state index contributed by atoms with van der Waals surface area (Å²) in [5, 5.41) is 0. The predicted octanol–water partition coefficient (Wildman–Crippen LogP) is 1.14. The van der Waals surface area contributed by atoms with E-state index in [0.717, 1.165) is 41.2 Å². The molecule has 0 atom stereocenters. The quantitative estimate of drug-likeness (QED) is 0.675. The third-order valence-corrected chi connectivity index (χ3v) is 2.63. The number of nitrogens with zero attached hydrogens (tertiary/aromatic N) is 2. The molecule has 2 heterocycles. The molecule has 3 rings (SSSR count). The van der Waals surface area contributed by atoms with Crippen molar-refractivity contribution in [1.29, 1.82) is 0 Å². The van der Waals surface area contributed by atoms with Crippen molar-refractivity contribution in [2.24, 2.45) is 5.73 Å². The average Bonchev–Trinajstić information content (AvgIpc) is 2.78. The van der Waals surface area contributed by atoms with Crippen molar-refractivity contribution in [3.63, 3.8) is 0 Å². The summed E-state index contributed by atoms with van der Waals surface area (Å²) in [5.41, 5.74) is 9.49. The molecule has 2 aromatic rings. The Morgan fingerprint density at radius 1 is 1.47 bits per heavy atom. The normalized spacial score (nSPS) is 12.6. The van der Waals surface area contributed by atoms with Gasteiger partial charge < -0.3 is 10.2 Å². The van der Waals surface area contributed by atoms with Gasteiger partial charge in [-0.05, 0) is 12.6 Å². The minimum absolute atomic E-state index is 0.603. The second-order valence-corrected chi connectivity index (χ2v) is 3.63. The van der Waals surface area contributed by atoms with Gasteiger partial charge in [-0.1, -0.05) is 0 Å². The standard InChI is InChI=1S/C11H11N3O/c12-3-1-7-6-13-9-5-10-8(2-4-15-10)11(9)14-7/h2,4,6H,1,3,5,12H2. The topological polar surface area (TPSA) is 64.9 Å². The Morgan fingerprint density at radius 2 is 2.40 bits per heavy atom. The van der Waals surface area contributed by atoms with E-state index >= 15 is 0 Å². The Morgan fingerprint density at radius 3 is 3.27 bits per heavy atom. The van der Waals surface area contributed by atoms with Crippen LogP contribution < -0.4 is 5.73 Å². The van der Waals surface area contributed by atoms with Crippen LogP contribution in [0, 0.1) is 0 Å². The minimum atomic E-state index is 0.603. The van der Waals surface area contributed by atoms with Gasteiger partial charge in [-0.3, -0.25) is 4.98 Å². The van der Waals surface area contributed by atoms with Crippen LogP contribution in [-0.2, 0) is 12.8 Å². The highest BCUT2D eigenvalue weighted by molar-refractivity contribution is 5.69. The highest BCUT2D eigenvalue weighted by atomic mass is 16.3. The van der Waals surface area contributed by atoms with Crippen LogP contribution in [0.4, 0.5) is 0 Å². The molecule has 0 aromatic carbocycles. The van der Waals surface area contributed by atoms with Crippen LogP contribution >= 0.6 is 0 Å². The van der Waals surface area contributed by atoms with E-state index in [9.17, 15) is 0 Å². The molecule has 0 radical (unpaired) electrons. The molecule has 2 aromatic heterocycles. The zero-order valence-electron chi connectivity index (χ0n) is 8.23. The maximum absolute atomic E-state index is 5.49. The summed E-state index contributed by atoms with van der Waals surface area (Å²) in [6.45, 7) is 0.603. The lowest BCUT2D eigenvalue weighted by atomic mass is 10.2. The van der Waals surface area contributed by atoms with Gasteiger partial charge in [0.2, 0.25) is 0 Å². The maximum Gasteiger partial charge on any atom is 0.119 e. The number of fused-ring (bicyclic) bond motifs is 3. The van der Waals surface area contributed by atoms with Crippen molar-refractivity contribution >= 4 is 0 Å². The summed E-state index contributed by atoms with van der Waals surface area (Å²) in [7, 11) is 0. The first kappa shape index (κ1) is 8.61. The number of furan rings is 1. The molecule has 76 valence electrons. The zero-order valence-corrected chi connectivity index (χ0v) is 8.23. The van der Waals surface area contributed by atoms with Crippen LogP contribution in [0.25, 0.3) is 11.3 Å². The number of hydrogen-bond donors (Lipinski definition) is 1. The predicted molar refractivity (Wildman–Crippen MR) is 55.3 cm³/mol. The van der Waals surface area contributed by atoms with E-state index < -0.39 is 0 Å². The molecular weight excluding hydrogens is 190 g/mol. The lowest BCUT2D eigenvalue weighted by molar-refractivity contribution is 0.524. The summed E-state index contributed by atoms with van der Waals surface area (Å²) in [5.74, 6) is 0.967. The second kappa shape index (κ2) is 3.17. The number of hydrogen-bond acceptors (Lipinski definition) is 4. The number of aromatic nitrogens is 2. The Bertz CT molecular complexity index is 504. The van der Waals surface area contributed by atoms with E-state index in [1.807, 2.05) is 6.07 Å². The van der Waals surface area contributed by atoms with Gasteiger partial charge in [-0.2, -0.15) is 0 Å². The Kier molecular flexibility index (Phi) is 1.82. The Balaban J connectivity index is 2.10. The van der Waals surface area contributed by atoms with Crippen molar-refractivity contribution < 1.29 is 4.42 Å². The van der Waals surface area contributed by atoms with Gasteiger partial charge in [0.1, 0.15) is 5.76 Å². The third-order valence-electron chi connectivity index (χ3n) is 2.63. The first-order valence-corrected chi connectivity index (χ1v) is 5.00. The van der Waals surface area contributed by atoms with E-state index in [2.05, 4.69) is 9.97 Å². The van der Waals surface area contributed by atoms with E-state index in [4.69, 9.17) is 10.2 Å². The molecule has 0 aliphatic heterocycles. The highest BCUT2D eigenvalue weighted by Gasteiger charge is 2.23. The summed E-state index contributed by atoms with van der Waals surface area (Å²) in [6, 6.07) is 1.95. The van der Waals surface area contributed by atoms with E-state index in [-0.39, 0.29) is 0 Å². The highest BCUT2D eigenvalue weighted by Crippen LogP contribution is 2.34. The largest absolute Gasteiger partial charge is 0.468 e. The van der Waals surface area contributed by atoms with Gasteiger partial charge in [0.15, 0.2) is 0 Å². The van der Waals surface area contributed by atoms with Crippen LogP contribution in [0.3, 0.4) is 0 Å². The van der Waals surface area contributed by atoms with Gasteiger partial charge >= 0.3 is 0 Å². The smallest absolute Gasteiger partial charge is 0.119 e. The van der Waals surface area contributed by atoms with Crippen molar-refractivity contribution in [2.45, 2.75) is 12.8 Å². The summed E-state index contributed by atoms with van der Waals surface area (Å²) in [4.78, 5) is 8.94. The van der Waals surface area contributed by atoms with Gasteiger partial charge in [-0.25, -0.2) is 4.98 Å². The average molecular weight is 201 g/mol. The van der Waals surface area contributed by atoms with Crippen LogP contribution in [0.2, 0.25) is 0 Å². The van der Waals surface area contributed by atoms with Gasteiger partial charge in [-0.15, -0.1) is 0 Å². The summed E-state index contributed by atoms with van der Waals surface area (Å²) < 4.78 is 5.35. The fourth-order valence-electron chi connectivity index (χ4n) is 1.90. The molecule has 1 aliphatic carbocycles. The number of nitrogens with two attached hydrogens (primary N) is 1. The van der Waals surface area contributed by atoms with Gasteiger partial charge in [0.25, 0.3) is 0 Å². The van der Waals surface area contributed by atoms with Crippen molar-refractivity contribution in [3.05, 3.63) is 35.7 Å². The first-order valence-electron chi connectivity index (χ1n) is 5.00. The van der Waals surface area contributed by atoms with Crippen molar-refractivity contribution in [3.8, 4) is 11.3 Å². The maximum atomic E-state index is 5.49. The fourth-order valence-corrected chi connectivity index (χ4v) is 1.90. The second-order valence-electron chi connectivity index (χ2n) is 3.63. The molecule has 15 heavy (non-hydrogen) atoms. The molecule has 4 heteroatoms. The van der Waals surface area contributed by atoms with E-state index in [0.29, 0.717) is 6.54 Å². The van der Waals surface area contributed by atoms with E-state index in [1.165, 1.54) is 0 Å². The lowest BCUT2D eigenvalue weighted by Gasteiger charge is -2.01. The van der Waals surface area contributed by atoms with Crippen LogP contribution in [0.1, 0.15) is 17.1 Å². The first-order chi connectivity index (χ1) is 7.38. The summed E-state index contributed by atoms with van der Waals surface area (Å²) in [6.07, 6.45) is 5.03. The molecule has 0 fully saturated rings. The van der Waals surface area contributed by atoms with Crippen molar-refractivity contribution in [2.75, 3.05) is 6.54 Å². The van der Waals surface area contributed by atoms with Crippen molar-refractivity contribution in [1.82, 2.24) is 9.97 Å². The molecule has 4 nitrogen and oxygen atoms in total. The molecule has 0 amide bonds. The molecule has 0 saturated heterocycles. The zero-order chi connectivity index (χ0) is 10.3. The molecule has 2 N–H and O–H groups in total. The van der Waals surface area contributed by atoms with Crippen LogP contribution in [-0.4, -0.2) is 16.5 Å². The van der Waals surface area contributed by atoms with E-state index in [1.54, 1.807) is 12.5 Å². The lowest BCUT2D eigenvalue weighted by Crippen LogP contribution is -2.06. The molecule has 0 unspecified atom stereocenters. The molecule has 1 aliphatic rings. The van der Waals surface area contributed by atoms with Gasteiger partial charge in [0, 0.05) is 18.2 Å². The Labute approximate surface area is 87.2 Å². The Hall–Kier alpha value is -1.68. The molecule has 0 spiro atoms. The SMILES string of the molecule is NCCc1cnc2c(n1)-c1ccoc1C2. The monoisotopic (exact) mass is 201 g/mol. The molecular formula is C11H11N3O. The minimum Gasteiger partial charge on any atom is -0.468 e. The summed E-state index contributed by atoms with van der Waals surface area (Å²) >= 11 is 0. The molecule has 0 saturated carbocycles. The van der Waals surface area contributed by atoms with Crippen LogP contribution in [0.5, 0.6) is 0 Å². The number of rotatable bonds is 2. The fraction of sp³-hybridized carbons (Fsp3) is 0.273. The van der Waals surface area contributed by atoms with Crippen LogP contribution in [0.15, 0.2) is 22.9 Å². The molecule has 0 bridgehead atoms.